The van der Waals surface area contributed by atoms with Crippen LogP contribution in [0.4, 0.5) is 0 Å². The molecule has 1 N–H and O–H groups in total. The van der Waals surface area contributed by atoms with E-state index in [9.17, 15) is 4.79 Å². The lowest BCUT2D eigenvalue weighted by atomic mass is 10.2. The number of nitrogens with zero attached hydrogens (tertiary/aromatic N) is 2. The van der Waals surface area contributed by atoms with Crippen LogP contribution < -0.4 is 0 Å². The van der Waals surface area contributed by atoms with E-state index in [1.807, 2.05) is 28.8 Å². The molecule has 1 heterocycles. The van der Waals surface area contributed by atoms with Gasteiger partial charge in [-0.2, -0.15) is 0 Å². The first-order chi connectivity index (χ1) is 9.65. The molecular weight excluding hydrogens is 320 g/mol. The molecule has 0 aliphatic carbocycles. The number of benzene rings is 2. The molecule has 0 unspecified atom stereocenters. The zero-order valence-corrected chi connectivity index (χ0v) is 12.0. The zero-order chi connectivity index (χ0) is 14.1. The summed E-state index contributed by atoms with van der Waals surface area (Å²) in [5.74, 6) is -0.930. The number of hydrogen-bond donors (Lipinski definition) is 1. The number of halogens is 1. The van der Waals surface area contributed by atoms with Crippen molar-refractivity contribution in [2.45, 2.75) is 6.54 Å². The molecule has 4 nitrogen and oxygen atoms in total. The van der Waals surface area contributed by atoms with Crippen molar-refractivity contribution in [2.75, 3.05) is 0 Å². The topological polar surface area (TPSA) is 55.1 Å². The van der Waals surface area contributed by atoms with Gasteiger partial charge in [0.05, 0.1) is 29.5 Å². The fraction of sp³-hybridized carbons (Fsp3) is 0.0667. The highest BCUT2D eigenvalue weighted by Gasteiger charge is 2.09. The van der Waals surface area contributed by atoms with Crippen LogP contribution in [-0.2, 0) is 6.54 Å². The van der Waals surface area contributed by atoms with E-state index in [1.165, 1.54) is 0 Å². The maximum Gasteiger partial charge on any atom is 0.335 e. The maximum atomic E-state index is 11.1. The Morgan fingerprint density at radius 3 is 2.80 bits per heavy atom. The second-order valence-electron chi connectivity index (χ2n) is 4.47. The van der Waals surface area contributed by atoms with E-state index in [-0.39, 0.29) is 5.56 Å². The van der Waals surface area contributed by atoms with E-state index < -0.39 is 5.97 Å². The summed E-state index contributed by atoms with van der Waals surface area (Å²) in [4.78, 5) is 15.4. The Hall–Kier alpha value is -2.14. The SMILES string of the molecule is O=C(O)c1ccc2ncn(Cc3ccccc3Br)c2c1. The van der Waals surface area contributed by atoms with E-state index in [0.717, 1.165) is 21.1 Å². The number of aromatic carboxylic acids is 1. The number of hydrogen-bond acceptors (Lipinski definition) is 2. The van der Waals surface area contributed by atoms with Gasteiger partial charge in [0.25, 0.3) is 0 Å². The van der Waals surface area contributed by atoms with Crippen LogP contribution >= 0.6 is 15.9 Å². The highest BCUT2D eigenvalue weighted by molar-refractivity contribution is 9.10. The predicted octanol–water partition coefficient (Wildman–Crippen LogP) is 3.55. The van der Waals surface area contributed by atoms with Gasteiger partial charge in [-0.15, -0.1) is 0 Å². The molecule has 0 atom stereocenters. The second-order valence-corrected chi connectivity index (χ2v) is 5.33. The minimum atomic E-state index is -0.930. The maximum absolute atomic E-state index is 11.1. The van der Waals surface area contributed by atoms with E-state index >= 15 is 0 Å². The lowest BCUT2D eigenvalue weighted by molar-refractivity contribution is 0.0697. The van der Waals surface area contributed by atoms with Crippen LogP contribution in [0.2, 0.25) is 0 Å². The van der Waals surface area contributed by atoms with E-state index in [4.69, 9.17) is 5.11 Å². The second kappa shape index (κ2) is 5.09. The minimum absolute atomic E-state index is 0.270. The van der Waals surface area contributed by atoms with Crippen molar-refractivity contribution in [1.29, 1.82) is 0 Å². The fourth-order valence-corrected chi connectivity index (χ4v) is 2.54. The molecule has 2 aromatic carbocycles. The lowest BCUT2D eigenvalue weighted by Gasteiger charge is -2.07. The Morgan fingerprint density at radius 2 is 2.05 bits per heavy atom. The molecule has 0 amide bonds. The highest BCUT2D eigenvalue weighted by atomic mass is 79.9. The highest BCUT2D eigenvalue weighted by Crippen LogP contribution is 2.20. The Balaban J connectivity index is 2.06. The van der Waals surface area contributed by atoms with Gasteiger partial charge in [0.1, 0.15) is 0 Å². The summed E-state index contributed by atoms with van der Waals surface area (Å²) >= 11 is 3.52. The molecule has 0 spiro atoms. The summed E-state index contributed by atoms with van der Waals surface area (Å²) in [6, 6.07) is 12.9. The van der Waals surface area contributed by atoms with Gasteiger partial charge in [-0.3, -0.25) is 0 Å². The average Bonchev–Trinajstić information content (AvgIpc) is 2.84. The Labute approximate surface area is 123 Å². The van der Waals surface area contributed by atoms with Crippen LogP contribution in [0.1, 0.15) is 15.9 Å². The standard InChI is InChI=1S/C15H11BrN2O2/c16-12-4-2-1-3-11(12)8-18-9-17-13-6-5-10(15(19)20)7-14(13)18/h1-7,9H,8H2,(H,19,20). The average molecular weight is 331 g/mol. The van der Waals surface area contributed by atoms with Crippen LogP contribution in [0.5, 0.6) is 0 Å². The summed E-state index contributed by atoms with van der Waals surface area (Å²) in [5, 5.41) is 9.07. The first kappa shape index (κ1) is 12.9. The normalized spacial score (nSPS) is 10.8. The monoisotopic (exact) mass is 330 g/mol. The van der Waals surface area contributed by atoms with Crippen molar-refractivity contribution < 1.29 is 9.90 Å². The molecule has 0 fully saturated rings. The largest absolute Gasteiger partial charge is 0.478 e. The predicted molar refractivity (Wildman–Crippen MR) is 79.9 cm³/mol. The molecule has 1 aromatic heterocycles. The van der Waals surface area contributed by atoms with Crippen molar-refractivity contribution in [3.05, 3.63) is 64.4 Å². The summed E-state index contributed by atoms with van der Waals surface area (Å²) in [6.07, 6.45) is 1.73. The summed E-state index contributed by atoms with van der Waals surface area (Å²) in [7, 11) is 0. The Kier molecular flexibility index (Phi) is 3.28. The van der Waals surface area contributed by atoms with Gasteiger partial charge in [-0.25, -0.2) is 9.78 Å². The number of fused-ring (bicyclic) bond motifs is 1. The lowest BCUT2D eigenvalue weighted by Crippen LogP contribution is -2.00. The number of aromatic nitrogens is 2. The Bertz CT molecular complexity index is 795. The van der Waals surface area contributed by atoms with Gasteiger partial charge in [-0.1, -0.05) is 34.1 Å². The van der Waals surface area contributed by atoms with Gasteiger partial charge >= 0.3 is 5.97 Å². The first-order valence-corrected chi connectivity index (χ1v) is 6.86. The van der Waals surface area contributed by atoms with E-state index in [1.54, 1.807) is 24.5 Å². The van der Waals surface area contributed by atoms with E-state index in [0.29, 0.717) is 6.54 Å². The molecule has 0 saturated heterocycles. The fourth-order valence-electron chi connectivity index (χ4n) is 2.13. The van der Waals surface area contributed by atoms with Gasteiger partial charge < -0.3 is 9.67 Å². The van der Waals surface area contributed by atoms with Crippen LogP contribution in [0, 0.1) is 0 Å². The number of carboxylic acids is 1. The quantitative estimate of drug-likeness (QED) is 0.799. The van der Waals surface area contributed by atoms with Gasteiger partial charge in [-0.05, 0) is 29.8 Å². The summed E-state index contributed by atoms with van der Waals surface area (Å²) < 4.78 is 2.97. The minimum Gasteiger partial charge on any atom is -0.478 e. The molecule has 0 bridgehead atoms. The molecule has 0 aliphatic heterocycles. The van der Waals surface area contributed by atoms with Crippen molar-refractivity contribution in [1.82, 2.24) is 9.55 Å². The number of carboxylic acid groups (broad SMARTS) is 1. The van der Waals surface area contributed by atoms with Crippen LogP contribution in [0.25, 0.3) is 11.0 Å². The third-order valence-electron chi connectivity index (χ3n) is 3.17. The van der Waals surface area contributed by atoms with Crippen LogP contribution in [-0.4, -0.2) is 20.6 Å². The van der Waals surface area contributed by atoms with Gasteiger partial charge in [0.15, 0.2) is 0 Å². The zero-order valence-electron chi connectivity index (χ0n) is 10.5. The van der Waals surface area contributed by atoms with Crippen molar-refractivity contribution >= 4 is 32.9 Å². The molecule has 0 aliphatic rings. The van der Waals surface area contributed by atoms with Crippen molar-refractivity contribution in [3.63, 3.8) is 0 Å². The molecule has 3 aromatic rings. The molecule has 0 radical (unpaired) electrons. The number of rotatable bonds is 3. The molecule has 0 saturated carbocycles. The van der Waals surface area contributed by atoms with Gasteiger partial charge in [0.2, 0.25) is 0 Å². The smallest absolute Gasteiger partial charge is 0.335 e. The van der Waals surface area contributed by atoms with Crippen molar-refractivity contribution in [2.24, 2.45) is 0 Å². The molecular formula is C15H11BrN2O2. The molecule has 3 rings (SSSR count). The third-order valence-corrected chi connectivity index (χ3v) is 3.94. The van der Waals surface area contributed by atoms with Crippen LogP contribution in [0.15, 0.2) is 53.3 Å². The summed E-state index contributed by atoms with van der Waals surface area (Å²) in [5.41, 5.74) is 3.00. The third kappa shape index (κ3) is 2.32. The molecule has 20 heavy (non-hydrogen) atoms. The number of imidazole rings is 1. The Morgan fingerprint density at radius 1 is 1.25 bits per heavy atom. The molecule has 5 heteroatoms. The molecule has 100 valence electrons. The van der Waals surface area contributed by atoms with Gasteiger partial charge in [0, 0.05) is 4.47 Å². The number of carbonyl (C=O) groups is 1. The first-order valence-electron chi connectivity index (χ1n) is 6.07. The summed E-state index contributed by atoms with van der Waals surface area (Å²) in [6.45, 7) is 0.640. The van der Waals surface area contributed by atoms with E-state index in [2.05, 4.69) is 20.9 Å². The van der Waals surface area contributed by atoms with Crippen molar-refractivity contribution in [3.8, 4) is 0 Å². The van der Waals surface area contributed by atoms with Crippen LogP contribution in [0.3, 0.4) is 0 Å².